The number of nitrogens with two attached hydrogens (primary N) is 3. The van der Waals surface area contributed by atoms with Crippen LogP contribution in [-0.4, -0.2) is 106 Å². The fraction of sp³-hybridized carbons (Fsp3) is 0.455. The summed E-state index contributed by atoms with van der Waals surface area (Å²) in [6, 6.07) is 13.5. The van der Waals surface area contributed by atoms with Crippen molar-refractivity contribution in [2.45, 2.75) is 121 Å². The zero-order chi connectivity index (χ0) is 52.7. The van der Waals surface area contributed by atoms with Gasteiger partial charge in [-0.2, -0.15) is 29.3 Å². The molecule has 3 aliphatic carbocycles. The molecule has 2 unspecified atom stereocenters. The molecular weight excluding hydrogens is 982 g/mol. The molecule has 76 heavy (non-hydrogen) atoms. The second-order valence-electron chi connectivity index (χ2n) is 20.0. The lowest BCUT2D eigenvalue weighted by atomic mass is 9.90. The second kappa shape index (κ2) is 22.5. The van der Waals surface area contributed by atoms with Crippen LogP contribution >= 0.6 is 0 Å². The van der Waals surface area contributed by atoms with Crippen LogP contribution in [0.15, 0.2) is 54.6 Å². The van der Waals surface area contributed by atoms with Gasteiger partial charge in [0.25, 0.3) is 17.7 Å². The lowest BCUT2D eigenvalue weighted by Crippen LogP contribution is -2.28. The van der Waals surface area contributed by atoms with Crippen molar-refractivity contribution < 1.29 is 41.8 Å². The summed E-state index contributed by atoms with van der Waals surface area (Å²) in [5.74, 6) is -1.84. The average Bonchev–Trinajstić information content (AvgIpc) is 4.07. The van der Waals surface area contributed by atoms with E-state index in [-0.39, 0.29) is 60.9 Å². The highest BCUT2D eigenvalue weighted by Gasteiger charge is 2.36. The number of fused-ring (bicyclic) bond motifs is 6. The zero-order valence-electron chi connectivity index (χ0n) is 42.3. The number of carbonyl (C=O) groups excluding carboxylic acids is 3. The molecule has 9 N–H and O–H groups in total. The molecule has 3 aliphatic heterocycles. The highest BCUT2D eigenvalue weighted by molar-refractivity contribution is 5.92. The van der Waals surface area contributed by atoms with Gasteiger partial charge in [0.2, 0.25) is 0 Å². The molecule has 3 aromatic carbocycles. The number of aryl methyl sites for hydroxylation is 3. The van der Waals surface area contributed by atoms with Gasteiger partial charge in [-0.25, -0.2) is 13.2 Å². The first kappa shape index (κ1) is 53.6. The maximum absolute atomic E-state index is 13.7. The first-order chi connectivity index (χ1) is 36.2. The number of methoxy groups -OCH3 is 3. The molecule has 0 fully saturated rings. The van der Waals surface area contributed by atoms with Crippen molar-refractivity contribution in [1.82, 2.24) is 29.3 Å². The van der Waals surface area contributed by atoms with E-state index in [1.807, 2.05) is 0 Å². The fourth-order valence-electron chi connectivity index (χ4n) is 11.5. The van der Waals surface area contributed by atoms with Crippen molar-refractivity contribution in [3.63, 3.8) is 0 Å². The summed E-state index contributed by atoms with van der Waals surface area (Å²) in [6.07, 6.45) is 8.93. The summed E-state index contributed by atoms with van der Waals surface area (Å²) < 4.78 is 61.2. The maximum Gasteiger partial charge on any atom is 0.256 e. The minimum Gasteiger partial charge on any atom is -0.385 e. The maximum atomic E-state index is 13.7. The number of ether oxygens (including phenoxy) is 3. The molecular formula is C55H67F3N12O6. The Morgan fingerprint density at radius 2 is 0.763 bits per heavy atom. The van der Waals surface area contributed by atoms with Gasteiger partial charge in [-0.3, -0.25) is 14.4 Å². The molecule has 0 amide bonds. The highest BCUT2D eigenvalue weighted by Crippen LogP contribution is 2.39. The lowest BCUT2D eigenvalue weighted by Gasteiger charge is -2.25. The third-order valence-corrected chi connectivity index (χ3v) is 15.7. The summed E-state index contributed by atoms with van der Waals surface area (Å²) in [7, 11) is 5.05. The number of nitrogens with one attached hydrogen (secondary N) is 3. The number of rotatable bonds is 6. The molecule has 6 atom stereocenters. The number of anilines is 6. The van der Waals surface area contributed by atoms with E-state index in [4.69, 9.17) is 31.4 Å². The third-order valence-electron chi connectivity index (χ3n) is 15.7. The normalized spacial score (nSPS) is 21.7. The van der Waals surface area contributed by atoms with Crippen molar-refractivity contribution in [2.75, 3.05) is 74.1 Å². The highest BCUT2D eigenvalue weighted by atomic mass is 19.1. The van der Waals surface area contributed by atoms with E-state index in [0.29, 0.717) is 92.3 Å². The quantitative estimate of drug-likeness (QED) is 0.0937. The number of hydrogen-bond acceptors (Lipinski definition) is 15. The Labute approximate surface area is 439 Å². The minimum atomic E-state index is -0.450. The number of carbonyl (C=O) groups is 3. The number of benzene rings is 3. The molecule has 6 aromatic rings. The Morgan fingerprint density at radius 1 is 0.487 bits per heavy atom. The molecule has 0 bridgehead atoms. The molecule has 0 saturated heterocycles. The number of nitrogen functional groups attached to an aromatic ring is 3. The first-order valence-electron chi connectivity index (χ1n) is 25.6. The Morgan fingerprint density at radius 3 is 1.03 bits per heavy atom. The summed E-state index contributed by atoms with van der Waals surface area (Å²) in [5.41, 5.74) is 28.4. The van der Waals surface area contributed by atoms with Crippen molar-refractivity contribution in [3.8, 4) is 0 Å². The first-order valence-corrected chi connectivity index (χ1v) is 25.6. The van der Waals surface area contributed by atoms with Gasteiger partial charge in [0.05, 0.1) is 53.1 Å². The van der Waals surface area contributed by atoms with Crippen LogP contribution in [0.25, 0.3) is 0 Å². The molecule has 0 spiro atoms. The van der Waals surface area contributed by atoms with E-state index in [2.05, 4.69) is 31.2 Å². The van der Waals surface area contributed by atoms with Gasteiger partial charge in [0.15, 0.2) is 0 Å². The number of hydrogen-bond donors (Lipinski definition) is 6. The molecule has 12 rings (SSSR count). The van der Waals surface area contributed by atoms with Crippen molar-refractivity contribution in [2.24, 2.45) is 0 Å². The van der Waals surface area contributed by atoms with Crippen LogP contribution in [0.3, 0.4) is 0 Å². The van der Waals surface area contributed by atoms with E-state index in [1.165, 1.54) is 50.4 Å². The molecule has 0 radical (unpaired) electrons. The Balaban J connectivity index is 0.000000138. The smallest absolute Gasteiger partial charge is 0.256 e. The summed E-state index contributed by atoms with van der Waals surface area (Å²) in [5, 5.41) is 23.0. The van der Waals surface area contributed by atoms with E-state index in [9.17, 15) is 27.6 Å². The van der Waals surface area contributed by atoms with Crippen LogP contribution < -0.4 is 33.2 Å². The molecule has 404 valence electrons. The van der Waals surface area contributed by atoms with Crippen molar-refractivity contribution in [3.05, 3.63) is 123 Å². The molecule has 3 aromatic heterocycles. The van der Waals surface area contributed by atoms with Crippen LogP contribution in [-0.2, 0) is 52.7 Å². The van der Waals surface area contributed by atoms with E-state index in [1.54, 1.807) is 39.5 Å². The largest absolute Gasteiger partial charge is 0.385 e. The fourth-order valence-corrected chi connectivity index (χ4v) is 11.5. The van der Waals surface area contributed by atoms with Crippen LogP contribution in [0.4, 0.5) is 47.7 Å². The Kier molecular flexibility index (Phi) is 15.9. The minimum absolute atomic E-state index is 0. The number of nitrogens with zero attached hydrogens (tertiary/aromatic N) is 6. The summed E-state index contributed by atoms with van der Waals surface area (Å²) in [6.45, 7) is 1.96. The summed E-state index contributed by atoms with van der Waals surface area (Å²) in [4.78, 5) is 39.3. The average molecular weight is 1050 g/mol. The van der Waals surface area contributed by atoms with Crippen molar-refractivity contribution >= 4 is 52.2 Å². The molecule has 6 heterocycles. The topological polar surface area (TPSA) is 247 Å². The van der Waals surface area contributed by atoms with E-state index >= 15 is 0 Å². The van der Waals surface area contributed by atoms with E-state index < -0.39 is 17.8 Å². The Hall–Kier alpha value is -7.23. The number of halogens is 3. The van der Waals surface area contributed by atoms with Gasteiger partial charge in [-0.15, -0.1) is 0 Å². The second-order valence-corrected chi connectivity index (χ2v) is 20.0. The molecule has 18 nitrogen and oxygen atoms in total. The predicted molar refractivity (Wildman–Crippen MR) is 284 cm³/mol. The van der Waals surface area contributed by atoms with Crippen LogP contribution in [0, 0.1) is 17.5 Å². The van der Waals surface area contributed by atoms with Gasteiger partial charge < -0.3 is 47.4 Å². The van der Waals surface area contributed by atoms with Gasteiger partial charge >= 0.3 is 0 Å². The molecule has 6 aliphatic rings. The predicted octanol–water partition coefficient (Wildman–Crippen LogP) is 7.68. The van der Waals surface area contributed by atoms with Gasteiger partial charge in [0, 0.05) is 94.0 Å². The van der Waals surface area contributed by atoms with Gasteiger partial charge in [-0.05, 0) is 129 Å². The van der Waals surface area contributed by atoms with Crippen LogP contribution in [0.1, 0.15) is 129 Å². The lowest BCUT2D eigenvalue weighted by molar-refractivity contribution is 0.0850. The zero-order valence-corrected chi connectivity index (χ0v) is 42.3. The SMILES string of the molecule is C.CO[C@@H]1CCc2nn(C(=O)C3CCNc4ccc(F)cc43)c(N)c2C1.CO[C@@H]1CCc2nn(C(=O)C3CCNc4ccc(F)cc43)c(N)c2C1.CO[C@@H]1CCc2nn(C(=O)[C@H]3CCNc4ccc(F)cc43)c(N)c2C1. The monoisotopic (exact) mass is 1050 g/mol. The molecule has 0 saturated carbocycles. The summed E-state index contributed by atoms with van der Waals surface area (Å²) >= 11 is 0. The third kappa shape index (κ3) is 10.4. The Bertz CT molecular complexity index is 2830. The van der Waals surface area contributed by atoms with E-state index in [0.717, 1.165) is 89.4 Å². The van der Waals surface area contributed by atoms with Crippen LogP contribution in [0.5, 0.6) is 0 Å². The van der Waals surface area contributed by atoms with Crippen LogP contribution in [0.2, 0.25) is 0 Å². The molecule has 21 heteroatoms. The number of aromatic nitrogens is 6. The standard InChI is InChI=1S/3C18H21FN4O2.CH4/c3*1-25-11-3-5-16-14(9-11)17(20)23(22-16)18(24)12-6-7-21-15-4-2-10(19)8-13(12)15;/h3*2,4,8,11-12,21H,3,5-7,9,20H2,1H3;1H4/t2*11-,12?;11-,12+;/m111./s1. The van der Waals surface area contributed by atoms with Crippen molar-refractivity contribution in [1.29, 1.82) is 0 Å². The van der Waals surface area contributed by atoms with Gasteiger partial charge in [-0.1, -0.05) is 7.43 Å². The van der Waals surface area contributed by atoms with Gasteiger partial charge in [0.1, 0.15) is 34.9 Å².